The first kappa shape index (κ1) is 43.6. The van der Waals surface area contributed by atoms with Crippen molar-refractivity contribution < 1.29 is 71.7 Å². The van der Waals surface area contributed by atoms with E-state index in [2.05, 4.69) is 15.9 Å². The van der Waals surface area contributed by atoms with Crippen LogP contribution in [0.3, 0.4) is 0 Å². The summed E-state index contributed by atoms with van der Waals surface area (Å²) in [5.41, 5.74) is -5.95. The van der Waals surface area contributed by atoms with Gasteiger partial charge in [-0.25, -0.2) is 0 Å². The van der Waals surface area contributed by atoms with Gasteiger partial charge in [0.2, 0.25) is 0 Å². The van der Waals surface area contributed by atoms with E-state index in [1.807, 2.05) is 18.2 Å². The molecule has 0 aromatic heterocycles. The molecule has 1 saturated heterocycles. The second-order valence-electron chi connectivity index (χ2n) is 12.5. The monoisotopic (exact) mass is 858 g/mol. The normalized spacial score (nSPS) is 19.0. The van der Waals surface area contributed by atoms with Gasteiger partial charge in [-0.3, -0.25) is 4.79 Å². The van der Waals surface area contributed by atoms with Gasteiger partial charge in [0.1, 0.15) is 17.0 Å². The molecule has 0 saturated carbocycles. The predicted molar refractivity (Wildman–Crippen MR) is 179 cm³/mol. The minimum atomic E-state index is -4.97. The smallest absolute Gasteiger partial charge is 0.416 e. The molecule has 4 atom stereocenters. The summed E-state index contributed by atoms with van der Waals surface area (Å²) in [7, 11) is 0. The van der Waals surface area contributed by atoms with Crippen LogP contribution >= 0.6 is 15.9 Å². The van der Waals surface area contributed by atoms with Crippen LogP contribution in [0.4, 0.5) is 52.7 Å². The van der Waals surface area contributed by atoms with E-state index in [-0.39, 0.29) is 41.8 Å². The van der Waals surface area contributed by atoms with Gasteiger partial charge < -0.3 is 14.2 Å². The summed E-state index contributed by atoms with van der Waals surface area (Å²) >= 11 is 2.90. The van der Waals surface area contributed by atoms with Crippen molar-refractivity contribution in [2.24, 2.45) is 0 Å². The zero-order valence-corrected chi connectivity index (χ0v) is 30.2. The Morgan fingerprint density at radius 1 is 0.636 bits per heavy atom. The number of hydrogen-bond acceptors (Lipinski definition) is 4. The summed E-state index contributed by atoms with van der Waals surface area (Å²) in [5.74, 6) is -0.574. The number of esters is 1. The van der Waals surface area contributed by atoms with E-state index >= 15 is 0 Å². The molecule has 1 fully saturated rings. The lowest BCUT2D eigenvalue weighted by Gasteiger charge is -2.28. The zero-order valence-electron chi connectivity index (χ0n) is 28.6. The van der Waals surface area contributed by atoms with E-state index < -0.39 is 76.7 Å². The van der Waals surface area contributed by atoms with E-state index in [0.29, 0.717) is 29.8 Å². The van der Waals surface area contributed by atoms with E-state index in [9.17, 15) is 57.5 Å². The largest absolute Gasteiger partial charge is 0.457 e. The summed E-state index contributed by atoms with van der Waals surface area (Å²) in [6, 6.07) is 20.4. The third-order valence-electron chi connectivity index (χ3n) is 8.72. The molecule has 0 bridgehead atoms. The number of carbonyl (C=O) groups is 1. The molecular formula is C38H31BrF12O4. The van der Waals surface area contributed by atoms with E-state index in [4.69, 9.17) is 14.2 Å². The zero-order chi connectivity index (χ0) is 41.0. The highest BCUT2D eigenvalue weighted by Crippen LogP contribution is 2.46. The van der Waals surface area contributed by atoms with Crippen LogP contribution in [0.1, 0.15) is 83.1 Å². The fourth-order valence-corrected chi connectivity index (χ4v) is 6.11. The number of benzene rings is 4. The Morgan fingerprint density at radius 2 is 1.02 bits per heavy atom. The van der Waals surface area contributed by atoms with E-state index in [1.54, 1.807) is 42.5 Å². The van der Waals surface area contributed by atoms with Crippen molar-refractivity contribution in [3.8, 4) is 0 Å². The highest BCUT2D eigenvalue weighted by atomic mass is 79.9. The van der Waals surface area contributed by atoms with Crippen LogP contribution in [-0.4, -0.2) is 18.1 Å². The molecule has 0 spiro atoms. The first-order chi connectivity index (χ1) is 25.5. The standard InChI is InChI=1S/C27H22F6O3.C11H9BrF6O/c1-17(19-12-21(26(28,29)30)14-22(13-19)27(31,32)33)35-16-25(20-10-6-3-7-11-20)15-23(36-24(25)34)18-8-4-2-5-9-18;1-6(19-5-12)7-2-8(10(13,14)15)4-9(3-7)11(16,17)18/h2-14,17,23H,15-16H2,1H3;2-4,6H,5H2,1H3/t17-,23+,25+;6-/m11/s1. The Balaban J connectivity index is 0.000000299. The molecule has 4 nitrogen and oxygen atoms in total. The van der Waals surface area contributed by atoms with Crippen LogP contribution in [0.2, 0.25) is 0 Å². The summed E-state index contributed by atoms with van der Waals surface area (Å²) < 4.78 is 172. The Hall–Kier alpha value is -4.09. The molecule has 0 aliphatic carbocycles. The van der Waals surface area contributed by atoms with Crippen LogP contribution in [0.15, 0.2) is 97.1 Å². The van der Waals surface area contributed by atoms with Gasteiger partial charge in [-0.2, -0.15) is 52.7 Å². The molecule has 4 aromatic carbocycles. The first-order valence-electron chi connectivity index (χ1n) is 16.1. The molecule has 1 aliphatic rings. The summed E-state index contributed by atoms with van der Waals surface area (Å²) in [5, 5.41) is 0. The maximum atomic E-state index is 13.3. The number of alkyl halides is 13. The van der Waals surface area contributed by atoms with Gasteiger partial charge in [0, 0.05) is 6.42 Å². The van der Waals surface area contributed by atoms with Crippen LogP contribution < -0.4 is 0 Å². The summed E-state index contributed by atoms with van der Waals surface area (Å²) in [4.78, 5) is 13.2. The lowest BCUT2D eigenvalue weighted by atomic mass is 9.77. The molecule has 1 aliphatic heterocycles. The highest BCUT2D eigenvalue weighted by Gasteiger charge is 2.51. The molecule has 5 rings (SSSR count). The van der Waals surface area contributed by atoms with Gasteiger partial charge in [0.05, 0.1) is 41.1 Å². The average Bonchev–Trinajstić information content (AvgIpc) is 3.46. The van der Waals surface area contributed by atoms with Crippen molar-refractivity contribution >= 4 is 21.9 Å². The van der Waals surface area contributed by atoms with Gasteiger partial charge in [-0.05, 0) is 72.5 Å². The van der Waals surface area contributed by atoms with Crippen molar-refractivity contribution in [2.45, 2.75) is 68.7 Å². The third-order valence-corrected chi connectivity index (χ3v) is 8.99. The second kappa shape index (κ2) is 17.0. The molecule has 55 heavy (non-hydrogen) atoms. The Morgan fingerprint density at radius 3 is 1.40 bits per heavy atom. The first-order valence-corrected chi connectivity index (χ1v) is 17.3. The summed E-state index contributed by atoms with van der Waals surface area (Å²) in [6.45, 7) is 2.43. The molecule has 1 heterocycles. The predicted octanol–water partition coefficient (Wildman–Crippen LogP) is 12.6. The Labute approximate surface area is 315 Å². The van der Waals surface area contributed by atoms with Crippen molar-refractivity contribution in [1.29, 1.82) is 0 Å². The number of ether oxygens (including phenoxy) is 3. The molecular weight excluding hydrogens is 828 g/mol. The fraction of sp³-hybridized carbons (Fsp3) is 0.342. The minimum absolute atomic E-state index is 0.00572. The topological polar surface area (TPSA) is 44.8 Å². The number of carbonyl (C=O) groups excluding carboxylic acids is 1. The average molecular weight is 860 g/mol. The Kier molecular flexibility index (Phi) is 13.5. The van der Waals surface area contributed by atoms with Crippen LogP contribution in [0, 0.1) is 0 Å². The molecule has 4 aromatic rings. The van der Waals surface area contributed by atoms with Crippen LogP contribution in [-0.2, 0) is 49.1 Å². The van der Waals surface area contributed by atoms with Gasteiger partial charge in [-0.15, -0.1) is 0 Å². The molecule has 0 radical (unpaired) electrons. The quantitative estimate of drug-likeness (QED) is 0.0955. The Bertz CT molecular complexity index is 1830. The van der Waals surface area contributed by atoms with Crippen LogP contribution in [0.25, 0.3) is 0 Å². The van der Waals surface area contributed by atoms with E-state index in [1.165, 1.54) is 13.8 Å². The molecule has 0 unspecified atom stereocenters. The maximum Gasteiger partial charge on any atom is 0.416 e. The lowest BCUT2D eigenvalue weighted by molar-refractivity contribution is -0.148. The lowest BCUT2D eigenvalue weighted by Crippen LogP contribution is -2.37. The maximum absolute atomic E-state index is 13.3. The SMILES string of the molecule is C[C@@H](OCBr)c1cc(C(F)(F)F)cc(C(F)(F)F)c1.C[C@@H](OC[C@]1(c2ccccc2)C[C@@H](c2ccccc2)OC1=O)c1cc(C(F)(F)F)cc(C(F)(F)F)c1. The molecule has 0 amide bonds. The van der Waals surface area contributed by atoms with Crippen LogP contribution in [0.5, 0.6) is 0 Å². The fourth-order valence-electron chi connectivity index (χ4n) is 5.71. The molecule has 17 heteroatoms. The molecule has 0 N–H and O–H groups in total. The van der Waals surface area contributed by atoms with Gasteiger partial charge in [-0.1, -0.05) is 76.6 Å². The van der Waals surface area contributed by atoms with Crippen molar-refractivity contribution in [1.82, 2.24) is 0 Å². The molecule has 298 valence electrons. The van der Waals surface area contributed by atoms with Crippen molar-refractivity contribution in [2.75, 3.05) is 12.1 Å². The minimum Gasteiger partial charge on any atom is -0.457 e. The number of hydrogen-bond donors (Lipinski definition) is 0. The summed E-state index contributed by atoms with van der Waals surface area (Å²) in [6.07, 6.45) is -22.1. The third kappa shape index (κ3) is 11.0. The van der Waals surface area contributed by atoms with Gasteiger partial charge in [0.25, 0.3) is 0 Å². The highest BCUT2D eigenvalue weighted by molar-refractivity contribution is 9.09. The number of cyclic esters (lactones) is 1. The number of rotatable bonds is 9. The van der Waals surface area contributed by atoms with Crippen molar-refractivity contribution in [3.05, 3.63) is 142 Å². The number of halogens is 13. The van der Waals surface area contributed by atoms with Crippen molar-refractivity contribution in [3.63, 3.8) is 0 Å². The second-order valence-corrected chi connectivity index (χ2v) is 13.0. The van der Waals surface area contributed by atoms with Gasteiger partial charge in [0.15, 0.2) is 0 Å². The van der Waals surface area contributed by atoms with Gasteiger partial charge >= 0.3 is 30.7 Å². The van der Waals surface area contributed by atoms with E-state index in [0.717, 1.165) is 5.56 Å².